The molecule has 3 heterocycles. The van der Waals surface area contributed by atoms with Crippen LogP contribution in [0.15, 0.2) is 37.1 Å². The Morgan fingerprint density at radius 2 is 2.11 bits per heavy atom. The quantitative estimate of drug-likeness (QED) is 0.506. The molecule has 0 aliphatic rings. The third-order valence-corrected chi connectivity index (χ3v) is 2.93. The molecule has 7 heteroatoms. The highest BCUT2D eigenvalue weighted by Gasteiger charge is 2.06. The van der Waals surface area contributed by atoms with Crippen molar-refractivity contribution in [3.63, 3.8) is 0 Å². The van der Waals surface area contributed by atoms with Crippen molar-refractivity contribution in [1.29, 1.82) is 0 Å². The van der Waals surface area contributed by atoms with Crippen LogP contribution in [0.2, 0.25) is 0 Å². The molecule has 7 nitrogen and oxygen atoms in total. The van der Waals surface area contributed by atoms with Crippen LogP contribution in [-0.4, -0.2) is 30.1 Å². The lowest BCUT2D eigenvalue weighted by Crippen LogP contribution is -1.95. The number of anilines is 2. The van der Waals surface area contributed by atoms with Crippen molar-refractivity contribution in [2.45, 2.75) is 0 Å². The summed E-state index contributed by atoms with van der Waals surface area (Å²) in [7, 11) is 0. The second-order valence-corrected chi connectivity index (χ2v) is 4.12. The first-order chi connectivity index (χ1) is 9.40. The van der Waals surface area contributed by atoms with Crippen LogP contribution in [0.5, 0.6) is 0 Å². The first kappa shape index (κ1) is 10.0. The van der Waals surface area contributed by atoms with Gasteiger partial charge in [0, 0.05) is 11.1 Å². The Hall–Kier alpha value is -2.96. The van der Waals surface area contributed by atoms with Gasteiger partial charge >= 0.3 is 0 Å². The zero-order valence-corrected chi connectivity index (χ0v) is 9.75. The number of hydrogen-bond donors (Lipinski definition) is 3. The predicted molar refractivity (Wildman–Crippen MR) is 71.1 cm³/mol. The Morgan fingerprint density at radius 1 is 1.11 bits per heavy atom. The van der Waals surface area contributed by atoms with Gasteiger partial charge in [0.05, 0.1) is 18.0 Å². The Bertz CT molecular complexity index is 860. The molecule has 3 aromatic heterocycles. The second-order valence-electron chi connectivity index (χ2n) is 4.12. The van der Waals surface area contributed by atoms with Gasteiger partial charge in [0.2, 0.25) is 0 Å². The molecule has 0 bridgehead atoms. The lowest BCUT2D eigenvalue weighted by Gasteiger charge is -2.05. The maximum absolute atomic E-state index is 4.23. The third kappa shape index (κ3) is 1.60. The molecule has 0 aliphatic carbocycles. The fourth-order valence-electron chi connectivity index (χ4n) is 2.02. The van der Waals surface area contributed by atoms with E-state index in [0.29, 0.717) is 11.5 Å². The molecule has 4 rings (SSSR count). The van der Waals surface area contributed by atoms with Crippen molar-refractivity contribution in [3.8, 4) is 0 Å². The highest BCUT2D eigenvalue weighted by atomic mass is 15.1. The van der Waals surface area contributed by atoms with Gasteiger partial charge in [-0.05, 0) is 18.2 Å². The Kier molecular flexibility index (Phi) is 1.99. The number of hydrogen-bond acceptors (Lipinski definition) is 5. The Balaban J connectivity index is 1.79. The number of nitrogens with one attached hydrogen (secondary N) is 3. The Labute approximate surface area is 107 Å². The number of aromatic nitrogens is 6. The van der Waals surface area contributed by atoms with Gasteiger partial charge in [0.1, 0.15) is 11.8 Å². The highest BCUT2D eigenvalue weighted by molar-refractivity contribution is 5.87. The van der Waals surface area contributed by atoms with E-state index in [1.165, 1.54) is 6.33 Å². The van der Waals surface area contributed by atoms with Gasteiger partial charge in [-0.2, -0.15) is 5.10 Å². The van der Waals surface area contributed by atoms with Gasteiger partial charge in [0.15, 0.2) is 11.5 Å². The molecule has 0 radical (unpaired) electrons. The van der Waals surface area contributed by atoms with E-state index in [1.54, 1.807) is 12.5 Å². The van der Waals surface area contributed by atoms with E-state index < -0.39 is 0 Å². The molecule has 0 unspecified atom stereocenters. The smallest absolute Gasteiger partial charge is 0.182 e. The maximum atomic E-state index is 4.23. The largest absolute Gasteiger partial charge is 0.340 e. The topological polar surface area (TPSA) is 95.2 Å². The fourth-order valence-corrected chi connectivity index (χ4v) is 2.02. The van der Waals surface area contributed by atoms with Crippen molar-refractivity contribution >= 4 is 33.6 Å². The van der Waals surface area contributed by atoms with E-state index >= 15 is 0 Å². The van der Waals surface area contributed by atoms with Crippen LogP contribution in [0, 0.1) is 0 Å². The minimum absolute atomic E-state index is 0.641. The molecule has 3 N–H and O–H groups in total. The first-order valence-corrected chi connectivity index (χ1v) is 5.74. The summed E-state index contributed by atoms with van der Waals surface area (Å²) in [6.45, 7) is 0. The number of rotatable bonds is 2. The standard InChI is InChI=1S/C12H9N7/c1-2-9-7(4-17-19-9)3-8(1)18-12-10-11(14-5-13-10)15-6-16-12/h1-6H,(H,17,19)(H2,13,14,15,16,18). The summed E-state index contributed by atoms with van der Waals surface area (Å²) >= 11 is 0. The molecule has 4 aromatic rings. The van der Waals surface area contributed by atoms with E-state index in [-0.39, 0.29) is 0 Å². The van der Waals surface area contributed by atoms with Crippen LogP contribution in [0.4, 0.5) is 11.5 Å². The molecular formula is C12H9N7. The van der Waals surface area contributed by atoms with E-state index in [1.807, 2.05) is 18.2 Å². The molecule has 0 aliphatic heterocycles. The summed E-state index contributed by atoms with van der Waals surface area (Å²) in [6.07, 6.45) is 4.87. The average molecular weight is 251 g/mol. The zero-order valence-electron chi connectivity index (χ0n) is 9.75. The van der Waals surface area contributed by atoms with Crippen LogP contribution in [0.1, 0.15) is 0 Å². The van der Waals surface area contributed by atoms with Crippen LogP contribution in [0.25, 0.3) is 22.1 Å². The normalized spacial score (nSPS) is 11.2. The first-order valence-electron chi connectivity index (χ1n) is 5.74. The summed E-state index contributed by atoms with van der Waals surface area (Å²) in [4.78, 5) is 15.4. The summed E-state index contributed by atoms with van der Waals surface area (Å²) in [5.41, 5.74) is 3.36. The summed E-state index contributed by atoms with van der Waals surface area (Å²) in [5.74, 6) is 0.699. The van der Waals surface area contributed by atoms with Gasteiger partial charge in [-0.1, -0.05) is 0 Å². The Morgan fingerprint density at radius 3 is 3.11 bits per heavy atom. The van der Waals surface area contributed by atoms with Crippen LogP contribution in [-0.2, 0) is 0 Å². The van der Waals surface area contributed by atoms with Gasteiger partial charge in [-0.15, -0.1) is 0 Å². The number of aromatic amines is 2. The minimum atomic E-state index is 0.641. The van der Waals surface area contributed by atoms with Crippen LogP contribution >= 0.6 is 0 Å². The van der Waals surface area contributed by atoms with E-state index in [4.69, 9.17) is 0 Å². The van der Waals surface area contributed by atoms with Crippen molar-refractivity contribution < 1.29 is 0 Å². The number of H-pyrrole nitrogens is 2. The molecule has 0 amide bonds. The molecular weight excluding hydrogens is 242 g/mol. The molecule has 19 heavy (non-hydrogen) atoms. The van der Waals surface area contributed by atoms with Gasteiger partial charge in [-0.25, -0.2) is 15.0 Å². The van der Waals surface area contributed by atoms with Crippen molar-refractivity contribution in [3.05, 3.63) is 37.1 Å². The molecule has 0 fully saturated rings. The second kappa shape index (κ2) is 3.77. The van der Waals surface area contributed by atoms with Crippen LogP contribution < -0.4 is 5.32 Å². The van der Waals surface area contributed by atoms with E-state index in [9.17, 15) is 0 Å². The predicted octanol–water partition coefficient (Wildman–Crippen LogP) is 1.97. The van der Waals surface area contributed by atoms with Crippen molar-refractivity contribution in [2.24, 2.45) is 0 Å². The lowest BCUT2D eigenvalue weighted by atomic mass is 10.2. The monoisotopic (exact) mass is 251 g/mol. The molecule has 1 aromatic carbocycles. The van der Waals surface area contributed by atoms with Gasteiger partial charge < -0.3 is 10.3 Å². The summed E-state index contributed by atoms with van der Waals surface area (Å²) in [5, 5.41) is 11.2. The summed E-state index contributed by atoms with van der Waals surface area (Å²) in [6, 6.07) is 5.93. The third-order valence-electron chi connectivity index (χ3n) is 2.93. The highest BCUT2D eigenvalue weighted by Crippen LogP contribution is 2.22. The zero-order chi connectivity index (χ0) is 12.7. The molecule has 0 atom stereocenters. The van der Waals surface area contributed by atoms with Crippen molar-refractivity contribution in [2.75, 3.05) is 5.32 Å². The number of imidazole rings is 1. The van der Waals surface area contributed by atoms with E-state index in [2.05, 4.69) is 35.5 Å². The number of fused-ring (bicyclic) bond motifs is 2. The number of benzene rings is 1. The van der Waals surface area contributed by atoms with Gasteiger partial charge in [0.25, 0.3) is 0 Å². The SMILES string of the molecule is c1nc(Nc2ccc3[nH]ncc3c2)c2[nH]cnc2n1. The van der Waals surface area contributed by atoms with Crippen LogP contribution in [0.3, 0.4) is 0 Å². The van der Waals surface area contributed by atoms with E-state index in [0.717, 1.165) is 22.1 Å². The molecule has 0 spiro atoms. The molecule has 0 saturated heterocycles. The summed E-state index contributed by atoms with van der Waals surface area (Å²) < 4.78 is 0. The maximum Gasteiger partial charge on any atom is 0.182 e. The average Bonchev–Trinajstić information content (AvgIpc) is 3.06. The van der Waals surface area contributed by atoms with Gasteiger partial charge in [-0.3, -0.25) is 5.10 Å². The molecule has 92 valence electrons. The minimum Gasteiger partial charge on any atom is -0.340 e. The fraction of sp³-hybridized carbons (Fsp3) is 0. The lowest BCUT2D eigenvalue weighted by molar-refractivity contribution is 1.12. The number of nitrogens with zero attached hydrogens (tertiary/aromatic N) is 4. The molecule has 0 saturated carbocycles. The van der Waals surface area contributed by atoms with Crippen molar-refractivity contribution in [1.82, 2.24) is 30.1 Å².